The molecule has 1 fully saturated rings. The fourth-order valence-electron chi connectivity index (χ4n) is 2.95. The van der Waals surface area contributed by atoms with Gasteiger partial charge in [-0.15, -0.1) is 5.10 Å². The highest BCUT2D eigenvalue weighted by atomic mass is 16.5. The van der Waals surface area contributed by atoms with E-state index in [9.17, 15) is 9.59 Å². The van der Waals surface area contributed by atoms with E-state index in [4.69, 9.17) is 4.74 Å². The summed E-state index contributed by atoms with van der Waals surface area (Å²) in [5.41, 5.74) is 0.912. The fraction of sp³-hybridized carbons (Fsp3) is 0.250. The fourth-order valence-corrected chi connectivity index (χ4v) is 2.95. The lowest BCUT2D eigenvalue weighted by molar-refractivity contribution is -0.121. The molecule has 27 heavy (non-hydrogen) atoms. The van der Waals surface area contributed by atoms with Crippen molar-refractivity contribution in [3.05, 3.63) is 65.1 Å². The highest BCUT2D eigenvalue weighted by Crippen LogP contribution is 2.23. The Morgan fingerprint density at radius 2 is 1.85 bits per heavy atom. The third kappa shape index (κ3) is 3.48. The lowest BCUT2D eigenvalue weighted by Gasteiger charge is -2.06. The largest absolute Gasteiger partial charge is 0.494 e. The molecule has 1 heterocycles. The summed E-state index contributed by atoms with van der Waals surface area (Å²) in [7, 11) is 1.54. The van der Waals surface area contributed by atoms with Gasteiger partial charge in [-0.3, -0.25) is 9.36 Å². The average molecular weight is 364 g/mol. The molecule has 1 aliphatic carbocycles. The van der Waals surface area contributed by atoms with Crippen LogP contribution in [0.3, 0.4) is 0 Å². The molecule has 0 aliphatic heterocycles. The van der Waals surface area contributed by atoms with E-state index < -0.39 is 0 Å². The van der Waals surface area contributed by atoms with Gasteiger partial charge in [0.25, 0.3) is 0 Å². The number of nitrogens with one attached hydrogen (secondary N) is 1. The normalized spacial score (nSPS) is 13.4. The van der Waals surface area contributed by atoms with Gasteiger partial charge < -0.3 is 10.1 Å². The Morgan fingerprint density at radius 3 is 2.56 bits per heavy atom. The number of rotatable bonds is 6. The van der Waals surface area contributed by atoms with Crippen LogP contribution >= 0.6 is 0 Å². The minimum atomic E-state index is -0.385. The minimum Gasteiger partial charge on any atom is -0.494 e. The van der Waals surface area contributed by atoms with Crippen LogP contribution in [-0.2, 0) is 11.3 Å². The van der Waals surface area contributed by atoms with Gasteiger partial charge >= 0.3 is 5.69 Å². The second-order valence-corrected chi connectivity index (χ2v) is 6.48. The summed E-state index contributed by atoms with van der Waals surface area (Å²) in [5.74, 6) is 0.792. The van der Waals surface area contributed by atoms with E-state index in [1.165, 1.54) is 9.25 Å². The van der Waals surface area contributed by atoms with Crippen LogP contribution in [0.15, 0.2) is 59.4 Å². The number of ether oxygens (including phenoxy) is 1. The molecule has 7 heteroatoms. The molecular formula is C20H20N4O3. The SMILES string of the molecule is COc1ccccc1-n1nc(-c2ccccc2)n(CC(=O)NC2CC2)c1=O. The van der Waals surface area contributed by atoms with Crippen molar-refractivity contribution in [3.8, 4) is 22.8 Å². The average Bonchev–Trinajstić information content (AvgIpc) is 3.46. The summed E-state index contributed by atoms with van der Waals surface area (Å²) in [6.07, 6.45) is 1.99. The molecule has 1 saturated carbocycles. The first-order valence-electron chi connectivity index (χ1n) is 8.85. The van der Waals surface area contributed by atoms with Gasteiger partial charge in [-0.1, -0.05) is 42.5 Å². The summed E-state index contributed by atoms with van der Waals surface area (Å²) >= 11 is 0. The molecular weight excluding hydrogens is 344 g/mol. The maximum absolute atomic E-state index is 13.1. The molecule has 2 aromatic carbocycles. The Hall–Kier alpha value is -3.35. The van der Waals surface area contributed by atoms with E-state index >= 15 is 0 Å². The van der Waals surface area contributed by atoms with Gasteiger partial charge in [-0.25, -0.2) is 4.79 Å². The van der Waals surface area contributed by atoms with E-state index in [1.54, 1.807) is 19.2 Å². The second kappa shape index (κ2) is 7.11. The molecule has 138 valence electrons. The zero-order valence-electron chi connectivity index (χ0n) is 15.0. The lowest BCUT2D eigenvalue weighted by Crippen LogP contribution is -2.34. The van der Waals surface area contributed by atoms with Crippen LogP contribution in [0.4, 0.5) is 0 Å². The number of benzene rings is 2. The molecule has 3 aromatic rings. The quantitative estimate of drug-likeness (QED) is 0.726. The third-order valence-electron chi connectivity index (χ3n) is 4.45. The van der Waals surface area contributed by atoms with Crippen LogP contribution in [0.25, 0.3) is 17.1 Å². The van der Waals surface area contributed by atoms with Gasteiger partial charge in [0.15, 0.2) is 5.82 Å². The number of amides is 1. The van der Waals surface area contributed by atoms with Gasteiger partial charge in [0, 0.05) is 11.6 Å². The Morgan fingerprint density at radius 1 is 1.15 bits per heavy atom. The molecule has 1 N–H and O–H groups in total. The van der Waals surface area contributed by atoms with E-state index in [-0.39, 0.29) is 24.2 Å². The molecule has 0 spiro atoms. The molecule has 1 aliphatic rings. The summed E-state index contributed by atoms with van der Waals surface area (Å²) in [5, 5.41) is 7.43. The van der Waals surface area contributed by atoms with Crippen molar-refractivity contribution < 1.29 is 9.53 Å². The zero-order chi connectivity index (χ0) is 18.8. The first-order valence-corrected chi connectivity index (χ1v) is 8.85. The van der Waals surface area contributed by atoms with Crippen molar-refractivity contribution in [3.63, 3.8) is 0 Å². The van der Waals surface area contributed by atoms with Gasteiger partial charge in [0.05, 0.1) is 7.11 Å². The van der Waals surface area contributed by atoms with Crippen LogP contribution in [0.2, 0.25) is 0 Å². The van der Waals surface area contributed by atoms with Crippen LogP contribution in [0.1, 0.15) is 12.8 Å². The number of hydrogen-bond donors (Lipinski definition) is 1. The van der Waals surface area contributed by atoms with Crippen molar-refractivity contribution in [1.29, 1.82) is 0 Å². The molecule has 1 amide bonds. The highest BCUT2D eigenvalue weighted by molar-refractivity contribution is 5.77. The second-order valence-electron chi connectivity index (χ2n) is 6.48. The molecule has 0 bridgehead atoms. The molecule has 0 unspecified atom stereocenters. The van der Waals surface area contributed by atoms with E-state index in [0.29, 0.717) is 17.3 Å². The third-order valence-corrected chi connectivity index (χ3v) is 4.45. The van der Waals surface area contributed by atoms with Crippen LogP contribution < -0.4 is 15.7 Å². The summed E-state index contributed by atoms with van der Waals surface area (Å²) < 4.78 is 8.05. The van der Waals surface area contributed by atoms with Gasteiger partial charge in [-0.05, 0) is 25.0 Å². The number of carbonyl (C=O) groups excluding carboxylic acids is 1. The lowest BCUT2D eigenvalue weighted by atomic mass is 10.2. The molecule has 7 nitrogen and oxygen atoms in total. The van der Waals surface area contributed by atoms with Crippen molar-refractivity contribution in [1.82, 2.24) is 19.7 Å². The number of nitrogens with zero attached hydrogens (tertiary/aromatic N) is 3. The van der Waals surface area contributed by atoms with E-state index in [2.05, 4.69) is 10.4 Å². The maximum Gasteiger partial charge on any atom is 0.351 e. The number of para-hydroxylation sites is 2. The van der Waals surface area contributed by atoms with Crippen molar-refractivity contribution in [2.45, 2.75) is 25.4 Å². The number of hydrogen-bond acceptors (Lipinski definition) is 4. The highest BCUT2D eigenvalue weighted by Gasteiger charge is 2.25. The summed E-state index contributed by atoms with van der Waals surface area (Å²) in [6.45, 7) is -0.0747. The first-order chi connectivity index (χ1) is 13.2. The Balaban J connectivity index is 1.81. The Bertz CT molecular complexity index is 1020. The van der Waals surface area contributed by atoms with Gasteiger partial charge in [0.2, 0.25) is 5.91 Å². The van der Waals surface area contributed by atoms with E-state index in [1.807, 2.05) is 42.5 Å². The van der Waals surface area contributed by atoms with Gasteiger partial charge in [0.1, 0.15) is 18.0 Å². The number of carbonyl (C=O) groups is 1. The van der Waals surface area contributed by atoms with Crippen LogP contribution in [-0.4, -0.2) is 33.4 Å². The van der Waals surface area contributed by atoms with E-state index in [0.717, 1.165) is 18.4 Å². The van der Waals surface area contributed by atoms with Crippen LogP contribution in [0.5, 0.6) is 5.75 Å². The first kappa shape index (κ1) is 17.1. The topological polar surface area (TPSA) is 78.2 Å². The standard InChI is InChI=1S/C20H20N4O3/c1-27-17-10-6-5-9-16(17)24-20(26)23(13-18(25)21-15-11-12-15)19(22-24)14-7-3-2-4-8-14/h2-10,15H,11-13H2,1H3,(H,21,25). The molecule has 0 saturated heterocycles. The Labute approximate surface area is 156 Å². The van der Waals surface area contributed by atoms with Gasteiger partial charge in [-0.2, -0.15) is 4.68 Å². The predicted molar refractivity (Wildman–Crippen MR) is 101 cm³/mol. The summed E-state index contributed by atoms with van der Waals surface area (Å²) in [6, 6.07) is 16.8. The summed E-state index contributed by atoms with van der Waals surface area (Å²) in [4.78, 5) is 25.4. The number of methoxy groups -OCH3 is 1. The van der Waals surface area contributed by atoms with Crippen LogP contribution in [0, 0.1) is 0 Å². The number of aromatic nitrogens is 3. The molecule has 1 aromatic heterocycles. The minimum absolute atomic E-state index is 0.0747. The smallest absolute Gasteiger partial charge is 0.351 e. The van der Waals surface area contributed by atoms with Crippen molar-refractivity contribution >= 4 is 5.91 Å². The maximum atomic E-state index is 13.1. The zero-order valence-corrected chi connectivity index (χ0v) is 15.0. The molecule has 0 radical (unpaired) electrons. The molecule has 0 atom stereocenters. The van der Waals surface area contributed by atoms with Crippen molar-refractivity contribution in [2.75, 3.05) is 7.11 Å². The monoisotopic (exact) mass is 364 g/mol. The molecule has 4 rings (SSSR count). The Kier molecular flexibility index (Phi) is 4.50. The predicted octanol–water partition coefficient (Wildman–Crippen LogP) is 1.99. The van der Waals surface area contributed by atoms with Crippen molar-refractivity contribution in [2.24, 2.45) is 0 Å².